The highest BCUT2D eigenvalue weighted by Gasteiger charge is 2.31. The molecular weight excluding hydrogens is 460 g/mol. The van der Waals surface area contributed by atoms with Gasteiger partial charge in [-0.25, -0.2) is 9.59 Å². The van der Waals surface area contributed by atoms with Gasteiger partial charge in [0, 0.05) is 5.69 Å². The summed E-state index contributed by atoms with van der Waals surface area (Å²) in [6.07, 6.45) is 3.53. The molecule has 1 heterocycles. The maximum absolute atomic E-state index is 12.8. The number of methoxy groups -OCH3 is 1. The van der Waals surface area contributed by atoms with E-state index >= 15 is 0 Å². The Labute approximate surface area is 202 Å². The summed E-state index contributed by atoms with van der Waals surface area (Å²) in [5.74, 6) is -0.970. The lowest BCUT2D eigenvalue weighted by atomic mass is 10.1. The number of benzene rings is 2. The molecule has 1 aliphatic rings. The van der Waals surface area contributed by atoms with Crippen LogP contribution in [0, 0.1) is 0 Å². The summed E-state index contributed by atoms with van der Waals surface area (Å²) in [7, 11) is 1.33. The van der Waals surface area contributed by atoms with E-state index in [9.17, 15) is 14.4 Å². The first-order valence-electron chi connectivity index (χ1n) is 10.4. The van der Waals surface area contributed by atoms with Crippen LogP contribution in [0.25, 0.3) is 6.08 Å². The number of nitrogens with one attached hydrogen (secondary N) is 1. The third-order valence-corrected chi connectivity index (χ3v) is 6.17. The van der Waals surface area contributed by atoms with Crippen molar-refractivity contribution < 1.29 is 23.9 Å². The fourth-order valence-corrected chi connectivity index (χ4v) is 4.16. The van der Waals surface area contributed by atoms with Crippen molar-refractivity contribution in [1.29, 1.82) is 0 Å². The summed E-state index contributed by atoms with van der Waals surface area (Å²) >= 11 is 6.59. The molecule has 2 aromatic rings. The number of thioether (sulfide) groups is 1. The lowest BCUT2D eigenvalue weighted by molar-refractivity contribution is -0.121. The molecule has 0 aromatic heterocycles. The van der Waals surface area contributed by atoms with Crippen LogP contribution in [0.15, 0.2) is 53.4 Å². The molecule has 1 amide bonds. The third-order valence-electron chi connectivity index (χ3n) is 4.80. The van der Waals surface area contributed by atoms with Crippen LogP contribution in [-0.4, -0.2) is 47.5 Å². The van der Waals surface area contributed by atoms with Crippen molar-refractivity contribution >= 4 is 57.9 Å². The third kappa shape index (κ3) is 6.43. The Morgan fingerprint density at radius 3 is 2.33 bits per heavy atom. The minimum Gasteiger partial charge on any atom is -0.465 e. The number of carbonyl (C=O) groups excluding carboxylic acids is 3. The van der Waals surface area contributed by atoms with Crippen molar-refractivity contribution in [2.45, 2.75) is 19.8 Å². The minimum atomic E-state index is -0.416. The Morgan fingerprint density at radius 2 is 1.70 bits per heavy atom. The molecule has 0 atom stereocenters. The zero-order valence-corrected chi connectivity index (χ0v) is 20.0. The highest BCUT2D eigenvalue weighted by atomic mass is 32.2. The van der Waals surface area contributed by atoms with E-state index in [1.54, 1.807) is 54.6 Å². The van der Waals surface area contributed by atoms with Crippen LogP contribution in [0.1, 0.15) is 46.0 Å². The molecule has 0 bridgehead atoms. The number of hydrogen-bond acceptors (Lipinski definition) is 8. The Bertz CT molecular complexity index is 1070. The van der Waals surface area contributed by atoms with Crippen LogP contribution in [-0.2, 0) is 14.3 Å². The summed E-state index contributed by atoms with van der Waals surface area (Å²) in [6.45, 7) is 2.64. The van der Waals surface area contributed by atoms with Crippen molar-refractivity contribution in [3.63, 3.8) is 0 Å². The van der Waals surface area contributed by atoms with Crippen LogP contribution >= 0.6 is 24.0 Å². The fraction of sp³-hybridized carbons (Fsp3) is 0.250. The Kier molecular flexibility index (Phi) is 8.62. The summed E-state index contributed by atoms with van der Waals surface area (Å²) in [6, 6.07) is 13.6. The normalized spacial score (nSPS) is 14.5. The molecule has 3 rings (SSSR count). The second kappa shape index (κ2) is 11.6. The molecule has 0 spiro atoms. The highest BCUT2D eigenvalue weighted by molar-refractivity contribution is 8.26. The standard InChI is InChI=1S/C24H24N2O5S2/c1-3-4-13-31-23(29)18-9-11-19(12-10-18)25-15-26-21(27)20(33-24(26)32)14-16-5-7-17(8-6-16)22(28)30-2/h5-12,14,25H,3-4,13,15H2,1-2H3. The SMILES string of the molecule is CCCCOC(=O)c1ccc(NCN2C(=O)C(=Cc3ccc(C(=O)OC)cc3)SC2=S)cc1. The molecule has 0 radical (unpaired) electrons. The molecule has 172 valence electrons. The van der Waals surface area contributed by atoms with E-state index in [-0.39, 0.29) is 18.5 Å². The molecule has 2 aromatic carbocycles. The zero-order chi connectivity index (χ0) is 23.8. The van der Waals surface area contributed by atoms with Gasteiger partial charge >= 0.3 is 11.9 Å². The lowest BCUT2D eigenvalue weighted by Crippen LogP contribution is -2.33. The van der Waals surface area contributed by atoms with Crippen LogP contribution < -0.4 is 5.32 Å². The first-order chi connectivity index (χ1) is 15.9. The molecule has 33 heavy (non-hydrogen) atoms. The van der Waals surface area contributed by atoms with Gasteiger partial charge in [0.25, 0.3) is 5.91 Å². The molecule has 1 N–H and O–H groups in total. The predicted molar refractivity (Wildman–Crippen MR) is 133 cm³/mol. The Hall–Kier alpha value is -3.17. The van der Waals surface area contributed by atoms with E-state index in [0.29, 0.717) is 27.0 Å². The second-order valence-electron chi connectivity index (χ2n) is 7.13. The quantitative estimate of drug-likeness (QED) is 0.237. The zero-order valence-electron chi connectivity index (χ0n) is 18.3. The molecule has 1 aliphatic heterocycles. The number of anilines is 1. The maximum atomic E-state index is 12.8. The van der Waals surface area contributed by atoms with Gasteiger partial charge < -0.3 is 14.8 Å². The Balaban J connectivity index is 1.58. The van der Waals surface area contributed by atoms with E-state index < -0.39 is 5.97 Å². The van der Waals surface area contributed by atoms with Gasteiger partial charge in [-0.05, 0) is 54.5 Å². The predicted octanol–water partition coefficient (Wildman–Crippen LogP) is 4.70. The number of amides is 1. The molecule has 0 aliphatic carbocycles. The Morgan fingerprint density at radius 1 is 1.06 bits per heavy atom. The average molecular weight is 485 g/mol. The van der Waals surface area contributed by atoms with Crippen molar-refractivity contribution in [2.24, 2.45) is 0 Å². The van der Waals surface area contributed by atoms with Crippen molar-refractivity contribution in [2.75, 3.05) is 25.7 Å². The first kappa shape index (κ1) is 24.5. The van der Waals surface area contributed by atoms with E-state index in [0.717, 1.165) is 24.1 Å². The molecule has 1 saturated heterocycles. The minimum absolute atomic E-state index is 0.198. The topological polar surface area (TPSA) is 84.9 Å². The van der Waals surface area contributed by atoms with Gasteiger partial charge in [0.2, 0.25) is 0 Å². The number of hydrogen-bond donors (Lipinski definition) is 1. The van der Waals surface area contributed by atoms with Crippen molar-refractivity contribution in [1.82, 2.24) is 4.90 Å². The van der Waals surface area contributed by atoms with E-state index in [1.807, 2.05) is 6.92 Å². The summed E-state index contributed by atoms with van der Waals surface area (Å²) in [4.78, 5) is 38.3. The van der Waals surface area contributed by atoms with Gasteiger partial charge in [-0.3, -0.25) is 9.69 Å². The van der Waals surface area contributed by atoms with Crippen LogP contribution in [0.3, 0.4) is 0 Å². The molecular formula is C24H24N2O5S2. The number of ether oxygens (including phenoxy) is 2. The second-order valence-corrected chi connectivity index (χ2v) is 8.80. The van der Waals surface area contributed by atoms with Gasteiger partial charge in [0.1, 0.15) is 4.32 Å². The van der Waals surface area contributed by atoms with Gasteiger partial charge in [-0.2, -0.15) is 0 Å². The summed E-state index contributed by atoms with van der Waals surface area (Å²) in [5.41, 5.74) is 2.43. The highest BCUT2D eigenvalue weighted by Crippen LogP contribution is 2.32. The van der Waals surface area contributed by atoms with Crippen molar-refractivity contribution in [3.05, 3.63) is 70.1 Å². The lowest BCUT2D eigenvalue weighted by Gasteiger charge is -2.16. The van der Waals surface area contributed by atoms with Gasteiger partial charge in [-0.15, -0.1) is 0 Å². The number of esters is 2. The molecule has 0 unspecified atom stereocenters. The summed E-state index contributed by atoms with van der Waals surface area (Å²) < 4.78 is 10.3. The van der Waals surface area contributed by atoms with Gasteiger partial charge in [-0.1, -0.05) is 49.5 Å². The van der Waals surface area contributed by atoms with Gasteiger partial charge in [0.05, 0.1) is 36.4 Å². The average Bonchev–Trinajstić information content (AvgIpc) is 3.10. The maximum Gasteiger partial charge on any atom is 0.338 e. The van der Waals surface area contributed by atoms with Crippen LogP contribution in [0.5, 0.6) is 0 Å². The largest absolute Gasteiger partial charge is 0.465 e. The van der Waals surface area contributed by atoms with E-state index in [4.69, 9.17) is 17.0 Å². The first-order valence-corrected chi connectivity index (χ1v) is 11.6. The number of thiocarbonyl (C=S) groups is 1. The smallest absolute Gasteiger partial charge is 0.338 e. The molecule has 7 nitrogen and oxygen atoms in total. The van der Waals surface area contributed by atoms with Crippen LogP contribution in [0.4, 0.5) is 5.69 Å². The summed E-state index contributed by atoms with van der Waals surface area (Å²) in [5, 5.41) is 3.15. The molecule has 9 heteroatoms. The molecule has 1 fully saturated rings. The van der Waals surface area contributed by atoms with E-state index in [1.165, 1.54) is 23.8 Å². The van der Waals surface area contributed by atoms with Crippen LogP contribution in [0.2, 0.25) is 0 Å². The van der Waals surface area contributed by atoms with Crippen molar-refractivity contribution in [3.8, 4) is 0 Å². The fourth-order valence-electron chi connectivity index (χ4n) is 2.91. The number of carbonyl (C=O) groups is 3. The number of unbranched alkanes of at least 4 members (excludes halogenated alkanes) is 1. The van der Waals surface area contributed by atoms with Gasteiger partial charge in [0.15, 0.2) is 0 Å². The monoisotopic (exact) mass is 484 g/mol. The number of nitrogens with zero attached hydrogens (tertiary/aromatic N) is 1. The molecule has 0 saturated carbocycles. The number of rotatable bonds is 9. The van der Waals surface area contributed by atoms with E-state index in [2.05, 4.69) is 10.1 Å².